The predicted molar refractivity (Wildman–Crippen MR) is 81.8 cm³/mol. The van der Waals surface area contributed by atoms with Crippen LogP contribution in [0, 0.1) is 13.8 Å². The standard InChI is InChI=1S/C16H19NO2S/c1-13-8-14(2)10-16(9-13)11-17-20(18,19)12-15-6-4-3-5-7-15/h3-10,17H,11-12H2,1-2H3. The summed E-state index contributed by atoms with van der Waals surface area (Å²) in [6, 6.07) is 15.3. The minimum atomic E-state index is -3.31. The Hall–Kier alpha value is -1.65. The van der Waals surface area contributed by atoms with Crippen LogP contribution in [-0.4, -0.2) is 8.42 Å². The zero-order valence-corrected chi connectivity index (χ0v) is 12.6. The van der Waals surface area contributed by atoms with Crippen LogP contribution in [0.4, 0.5) is 0 Å². The van der Waals surface area contributed by atoms with Crippen molar-refractivity contribution in [3.8, 4) is 0 Å². The average Bonchev–Trinajstić information content (AvgIpc) is 2.36. The van der Waals surface area contributed by atoms with Gasteiger partial charge in [-0.15, -0.1) is 0 Å². The van der Waals surface area contributed by atoms with Crippen molar-refractivity contribution >= 4 is 10.0 Å². The Morgan fingerprint density at radius 3 is 2.10 bits per heavy atom. The normalized spacial score (nSPS) is 11.5. The van der Waals surface area contributed by atoms with Gasteiger partial charge < -0.3 is 0 Å². The molecule has 20 heavy (non-hydrogen) atoms. The van der Waals surface area contributed by atoms with Crippen LogP contribution >= 0.6 is 0 Å². The van der Waals surface area contributed by atoms with Crippen molar-refractivity contribution in [2.45, 2.75) is 26.1 Å². The number of rotatable bonds is 5. The van der Waals surface area contributed by atoms with Crippen molar-refractivity contribution in [2.24, 2.45) is 0 Å². The quantitative estimate of drug-likeness (QED) is 0.920. The zero-order valence-electron chi connectivity index (χ0n) is 11.8. The van der Waals surface area contributed by atoms with Crippen LogP contribution in [0.1, 0.15) is 22.3 Å². The van der Waals surface area contributed by atoms with E-state index in [0.29, 0.717) is 6.54 Å². The fourth-order valence-corrected chi connectivity index (χ4v) is 3.33. The number of sulfonamides is 1. The highest BCUT2D eigenvalue weighted by Crippen LogP contribution is 2.10. The molecule has 0 spiro atoms. The molecule has 2 rings (SSSR count). The minimum Gasteiger partial charge on any atom is -0.212 e. The van der Waals surface area contributed by atoms with Gasteiger partial charge in [0.1, 0.15) is 0 Å². The Kier molecular flexibility index (Phi) is 4.57. The maximum absolute atomic E-state index is 12.0. The number of hydrogen-bond acceptors (Lipinski definition) is 2. The molecule has 0 radical (unpaired) electrons. The molecule has 0 aliphatic heterocycles. The van der Waals surface area contributed by atoms with Crippen LogP contribution in [0.5, 0.6) is 0 Å². The summed E-state index contributed by atoms with van der Waals surface area (Å²) in [5.74, 6) is 0.0125. The Bertz CT molecular complexity index is 659. The van der Waals surface area contributed by atoms with Crippen LogP contribution < -0.4 is 4.72 Å². The molecule has 2 aromatic carbocycles. The van der Waals surface area contributed by atoms with Crippen LogP contribution in [0.25, 0.3) is 0 Å². The highest BCUT2D eigenvalue weighted by Gasteiger charge is 2.11. The van der Waals surface area contributed by atoms with Gasteiger partial charge in [0.25, 0.3) is 0 Å². The van der Waals surface area contributed by atoms with Gasteiger partial charge in [0, 0.05) is 6.54 Å². The third-order valence-electron chi connectivity index (χ3n) is 2.98. The van der Waals surface area contributed by atoms with Gasteiger partial charge in [-0.25, -0.2) is 13.1 Å². The monoisotopic (exact) mass is 289 g/mol. The summed E-state index contributed by atoms with van der Waals surface area (Å²) in [5.41, 5.74) is 4.06. The van der Waals surface area contributed by atoms with E-state index >= 15 is 0 Å². The van der Waals surface area contributed by atoms with Gasteiger partial charge in [-0.2, -0.15) is 0 Å². The van der Waals surface area contributed by atoms with Gasteiger partial charge in [-0.05, 0) is 25.0 Å². The first-order chi connectivity index (χ1) is 9.44. The first-order valence-corrected chi connectivity index (χ1v) is 8.18. The Morgan fingerprint density at radius 2 is 1.50 bits per heavy atom. The van der Waals surface area contributed by atoms with Crippen LogP contribution in [0.2, 0.25) is 0 Å². The summed E-state index contributed by atoms with van der Waals surface area (Å²) in [4.78, 5) is 0. The van der Waals surface area contributed by atoms with E-state index in [-0.39, 0.29) is 5.75 Å². The van der Waals surface area contributed by atoms with E-state index in [9.17, 15) is 8.42 Å². The molecule has 0 unspecified atom stereocenters. The molecule has 0 heterocycles. The second kappa shape index (κ2) is 6.20. The van der Waals surface area contributed by atoms with Gasteiger partial charge in [0.15, 0.2) is 0 Å². The molecule has 0 saturated carbocycles. The topological polar surface area (TPSA) is 46.2 Å². The van der Waals surface area contributed by atoms with Gasteiger partial charge >= 0.3 is 0 Å². The van der Waals surface area contributed by atoms with Gasteiger partial charge in [-0.3, -0.25) is 0 Å². The molecule has 1 N–H and O–H groups in total. The summed E-state index contributed by atoms with van der Waals surface area (Å²) < 4.78 is 26.7. The lowest BCUT2D eigenvalue weighted by Gasteiger charge is -2.08. The molecule has 2 aromatic rings. The van der Waals surface area contributed by atoms with Crippen LogP contribution in [0.3, 0.4) is 0 Å². The maximum atomic E-state index is 12.0. The van der Waals surface area contributed by atoms with E-state index in [1.807, 2.05) is 56.3 Å². The average molecular weight is 289 g/mol. The first-order valence-electron chi connectivity index (χ1n) is 6.53. The maximum Gasteiger partial charge on any atom is 0.216 e. The number of benzene rings is 2. The molecule has 0 aromatic heterocycles. The Morgan fingerprint density at radius 1 is 0.900 bits per heavy atom. The van der Waals surface area contributed by atoms with E-state index in [2.05, 4.69) is 10.8 Å². The molecule has 0 saturated heterocycles. The highest BCUT2D eigenvalue weighted by molar-refractivity contribution is 7.88. The van der Waals surface area contributed by atoms with Gasteiger partial charge in [0.05, 0.1) is 5.75 Å². The zero-order chi connectivity index (χ0) is 14.6. The van der Waals surface area contributed by atoms with Gasteiger partial charge in [-0.1, -0.05) is 59.7 Å². The largest absolute Gasteiger partial charge is 0.216 e. The van der Waals surface area contributed by atoms with Gasteiger partial charge in [0.2, 0.25) is 10.0 Å². The fraction of sp³-hybridized carbons (Fsp3) is 0.250. The summed E-state index contributed by atoms with van der Waals surface area (Å²) >= 11 is 0. The predicted octanol–water partition coefficient (Wildman–Crippen LogP) is 2.92. The molecule has 0 aliphatic carbocycles. The lowest BCUT2D eigenvalue weighted by atomic mass is 10.1. The number of hydrogen-bond donors (Lipinski definition) is 1. The molecule has 0 amide bonds. The van der Waals surface area contributed by atoms with Crippen LogP contribution in [-0.2, 0) is 22.3 Å². The second-order valence-corrected chi connectivity index (χ2v) is 6.87. The number of aryl methyl sites for hydroxylation is 2. The number of nitrogens with one attached hydrogen (secondary N) is 1. The third kappa shape index (κ3) is 4.47. The SMILES string of the molecule is Cc1cc(C)cc(CNS(=O)(=O)Cc2ccccc2)c1. The molecule has 4 heteroatoms. The Balaban J connectivity index is 2.02. The second-order valence-electron chi connectivity index (χ2n) is 5.06. The molecule has 0 bridgehead atoms. The lowest BCUT2D eigenvalue weighted by Crippen LogP contribution is -2.24. The van der Waals surface area contributed by atoms with E-state index < -0.39 is 10.0 Å². The Labute approximate surface area is 120 Å². The van der Waals surface area contributed by atoms with Crippen molar-refractivity contribution < 1.29 is 8.42 Å². The van der Waals surface area contributed by atoms with E-state index in [0.717, 1.165) is 22.3 Å². The van der Waals surface area contributed by atoms with E-state index in [1.54, 1.807) is 0 Å². The molecule has 3 nitrogen and oxygen atoms in total. The van der Waals surface area contributed by atoms with Crippen LogP contribution in [0.15, 0.2) is 48.5 Å². The molecule has 0 atom stereocenters. The summed E-state index contributed by atoms with van der Waals surface area (Å²) in [5, 5.41) is 0. The van der Waals surface area contributed by atoms with Crippen molar-refractivity contribution in [1.82, 2.24) is 4.72 Å². The minimum absolute atomic E-state index is 0.0125. The first kappa shape index (κ1) is 14.8. The summed E-state index contributed by atoms with van der Waals surface area (Å²) in [6.07, 6.45) is 0. The van der Waals surface area contributed by atoms with E-state index in [1.165, 1.54) is 0 Å². The summed E-state index contributed by atoms with van der Waals surface area (Å²) in [6.45, 7) is 4.35. The molecule has 0 fully saturated rings. The fourth-order valence-electron chi connectivity index (χ4n) is 2.21. The lowest BCUT2D eigenvalue weighted by molar-refractivity contribution is 0.580. The molecular formula is C16H19NO2S. The molecular weight excluding hydrogens is 270 g/mol. The third-order valence-corrected chi connectivity index (χ3v) is 4.27. The molecule has 0 aliphatic rings. The highest BCUT2D eigenvalue weighted by atomic mass is 32.2. The summed E-state index contributed by atoms with van der Waals surface area (Å²) in [7, 11) is -3.31. The van der Waals surface area contributed by atoms with E-state index in [4.69, 9.17) is 0 Å². The van der Waals surface area contributed by atoms with Crippen molar-refractivity contribution in [3.63, 3.8) is 0 Å². The van der Waals surface area contributed by atoms with Crippen molar-refractivity contribution in [3.05, 3.63) is 70.8 Å². The smallest absolute Gasteiger partial charge is 0.212 e. The van der Waals surface area contributed by atoms with Crippen molar-refractivity contribution in [2.75, 3.05) is 0 Å². The van der Waals surface area contributed by atoms with Crippen molar-refractivity contribution in [1.29, 1.82) is 0 Å². The molecule has 106 valence electrons.